The van der Waals surface area contributed by atoms with Crippen molar-refractivity contribution in [1.82, 2.24) is 10.0 Å². The van der Waals surface area contributed by atoms with Crippen molar-refractivity contribution in [2.45, 2.75) is 70.9 Å². The maximum atomic E-state index is 12.5. The van der Waals surface area contributed by atoms with Crippen molar-refractivity contribution in [3.8, 4) is 0 Å². The summed E-state index contributed by atoms with van der Waals surface area (Å²) >= 11 is 0. The molecule has 29 heavy (non-hydrogen) atoms. The van der Waals surface area contributed by atoms with E-state index in [-0.39, 0.29) is 35.9 Å². The van der Waals surface area contributed by atoms with Crippen molar-refractivity contribution in [3.63, 3.8) is 0 Å². The molecule has 1 heterocycles. The number of carbonyl (C=O) groups excluding carboxylic acids is 1. The Morgan fingerprint density at radius 3 is 2.21 bits per heavy atom. The molecule has 0 atom stereocenters. The Kier molecular flexibility index (Phi) is 6.77. The van der Waals surface area contributed by atoms with E-state index >= 15 is 0 Å². The van der Waals surface area contributed by atoms with Crippen molar-refractivity contribution >= 4 is 28.5 Å². The molecular weight excluding hydrogens is 391 g/mol. The van der Waals surface area contributed by atoms with Crippen LogP contribution in [0.4, 0.5) is 4.79 Å². The van der Waals surface area contributed by atoms with E-state index in [2.05, 4.69) is 37.7 Å². The first-order chi connectivity index (χ1) is 13.1. The van der Waals surface area contributed by atoms with Gasteiger partial charge in [-0.1, -0.05) is 26.0 Å². The minimum absolute atomic E-state index is 0.0328. The van der Waals surface area contributed by atoms with Crippen LogP contribution in [-0.4, -0.2) is 45.7 Å². The monoisotopic (exact) mass is 424 g/mol. The molecule has 1 aromatic carbocycles. The highest BCUT2D eigenvalue weighted by Crippen LogP contribution is 2.45. The van der Waals surface area contributed by atoms with Gasteiger partial charge in [0.1, 0.15) is 5.60 Å². The minimum atomic E-state index is -3.66. The van der Waals surface area contributed by atoms with Crippen LogP contribution < -0.4 is 15.5 Å². The third-order valence-corrected chi connectivity index (χ3v) is 6.89. The van der Waals surface area contributed by atoms with Gasteiger partial charge >= 0.3 is 13.0 Å². The molecule has 1 aliphatic heterocycles. The molecule has 0 bridgehead atoms. The lowest BCUT2D eigenvalue weighted by Crippen LogP contribution is -2.38. The summed E-state index contributed by atoms with van der Waals surface area (Å²) < 4.78 is 38.7. The third kappa shape index (κ3) is 6.20. The van der Waals surface area contributed by atoms with Crippen molar-refractivity contribution in [1.29, 1.82) is 0 Å². The molecule has 0 aliphatic carbocycles. The van der Waals surface area contributed by atoms with E-state index in [1.807, 2.05) is 0 Å². The van der Waals surface area contributed by atoms with E-state index in [1.165, 1.54) is 0 Å². The molecular formula is C20H33BN2O5S. The van der Waals surface area contributed by atoms with Crippen molar-refractivity contribution in [2.24, 2.45) is 5.41 Å². The van der Waals surface area contributed by atoms with Crippen molar-refractivity contribution in [3.05, 3.63) is 24.3 Å². The van der Waals surface area contributed by atoms with Crippen LogP contribution in [0.1, 0.15) is 48.5 Å². The SMILES string of the molecule is CC(C)(C)OC(=O)NCCNS(=O)(=O)c1ccc(B2CC(C)(C)C(C)(C)O2)cc1. The molecule has 1 aromatic rings. The molecule has 1 amide bonds. The number of hydrogen-bond donors (Lipinski definition) is 2. The standard InChI is InChI=1S/C20H33BN2O5S/c1-18(2,3)27-17(24)22-12-13-23-29(25,26)16-10-8-15(9-11-16)21-14-19(4,5)20(6,7)28-21/h8-11,23H,12-14H2,1-7H3,(H,22,24). The highest BCUT2D eigenvalue weighted by molar-refractivity contribution is 7.89. The van der Waals surface area contributed by atoms with E-state index < -0.39 is 21.7 Å². The largest absolute Gasteiger partial charge is 0.444 e. The van der Waals surface area contributed by atoms with Gasteiger partial charge in [-0.15, -0.1) is 0 Å². The lowest BCUT2D eigenvalue weighted by molar-refractivity contribution is 0.0375. The van der Waals surface area contributed by atoms with Gasteiger partial charge in [0.25, 0.3) is 0 Å². The number of carbonyl (C=O) groups is 1. The average molecular weight is 424 g/mol. The van der Waals surface area contributed by atoms with Crippen LogP contribution in [0.2, 0.25) is 6.32 Å². The Labute approximate surface area is 175 Å². The van der Waals surface area contributed by atoms with Gasteiger partial charge in [0, 0.05) is 13.1 Å². The number of hydrogen-bond acceptors (Lipinski definition) is 5. The number of rotatable bonds is 6. The van der Waals surface area contributed by atoms with Crippen LogP contribution in [0.25, 0.3) is 0 Å². The summed E-state index contributed by atoms with van der Waals surface area (Å²) in [7, 11) is -3.66. The average Bonchev–Trinajstić information content (AvgIpc) is 2.78. The molecule has 1 fully saturated rings. The van der Waals surface area contributed by atoms with Crippen molar-refractivity contribution in [2.75, 3.05) is 13.1 Å². The molecule has 2 N–H and O–H groups in total. The molecule has 1 saturated heterocycles. The van der Waals surface area contributed by atoms with Gasteiger partial charge in [-0.2, -0.15) is 0 Å². The van der Waals surface area contributed by atoms with Crippen molar-refractivity contribution < 1.29 is 22.6 Å². The lowest BCUT2D eigenvalue weighted by atomic mass is 9.54. The molecule has 0 spiro atoms. The zero-order chi connectivity index (χ0) is 22.1. The second-order valence-corrected chi connectivity index (χ2v) is 11.4. The van der Waals surface area contributed by atoms with Crippen LogP contribution >= 0.6 is 0 Å². The minimum Gasteiger partial charge on any atom is -0.444 e. The highest BCUT2D eigenvalue weighted by atomic mass is 32.2. The molecule has 2 rings (SSSR count). The maximum absolute atomic E-state index is 12.5. The second kappa shape index (κ2) is 8.28. The Morgan fingerprint density at radius 1 is 1.14 bits per heavy atom. The first-order valence-corrected chi connectivity index (χ1v) is 11.4. The highest BCUT2D eigenvalue weighted by Gasteiger charge is 2.49. The molecule has 162 valence electrons. The third-order valence-electron chi connectivity index (χ3n) is 5.41. The number of amides is 1. The summed E-state index contributed by atoms with van der Waals surface area (Å²) in [5, 5.41) is 2.52. The fourth-order valence-electron chi connectivity index (χ4n) is 3.06. The summed E-state index contributed by atoms with van der Waals surface area (Å²) in [6, 6.07) is 6.77. The van der Waals surface area contributed by atoms with Crippen LogP contribution in [0.5, 0.6) is 0 Å². The molecule has 0 radical (unpaired) electrons. The quantitative estimate of drug-likeness (QED) is 0.541. The predicted octanol–water partition coefficient (Wildman–Crippen LogP) is 2.52. The van der Waals surface area contributed by atoms with Crippen LogP contribution in [0, 0.1) is 5.41 Å². The van der Waals surface area contributed by atoms with Gasteiger partial charge in [0.2, 0.25) is 10.0 Å². The molecule has 1 aliphatic rings. The molecule has 9 heteroatoms. The van der Waals surface area contributed by atoms with E-state index in [9.17, 15) is 13.2 Å². The van der Waals surface area contributed by atoms with Gasteiger partial charge in [-0.05, 0) is 63.9 Å². The van der Waals surface area contributed by atoms with Gasteiger partial charge in [-0.3, -0.25) is 0 Å². The second-order valence-electron chi connectivity index (χ2n) is 9.60. The molecule has 0 aromatic heterocycles. The first-order valence-electron chi connectivity index (χ1n) is 9.87. The topological polar surface area (TPSA) is 93.7 Å². The summed E-state index contributed by atoms with van der Waals surface area (Å²) in [4.78, 5) is 11.8. The lowest BCUT2D eigenvalue weighted by Gasteiger charge is -2.34. The number of alkyl carbamates (subject to hydrolysis) is 1. The summed E-state index contributed by atoms with van der Waals surface area (Å²) in [6.07, 6.45) is 0.296. The summed E-state index contributed by atoms with van der Waals surface area (Å²) in [6.45, 7) is 14.0. The Bertz CT molecular complexity index is 813. The zero-order valence-corrected chi connectivity index (χ0v) is 19.3. The maximum Gasteiger partial charge on any atom is 0.407 e. The van der Waals surface area contributed by atoms with E-state index in [0.29, 0.717) is 0 Å². The predicted molar refractivity (Wildman–Crippen MR) is 115 cm³/mol. The van der Waals surface area contributed by atoms with E-state index in [1.54, 1.807) is 45.0 Å². The molecule has 0 saturated carbocycles. The fraction of sp³-hybridized carbons (Fsp3) is 0.650. The van der Waals surface area contributed by atoms with Crippen LogP contribution in [-0.2, 0) is 19.4 Å². The molecule has 0 unspecified atom stereocenters. The van der Waals surface area contributed by atoms with Crippen LogP contribution in [0.15, 0.2) is 29.2 Å². The number of ether oxygens (including phenoxy) is 1. The fourth-order valence-corrected chi connectivity index (χ4v) is 4.09. The van der Waals surface area contributed by atoms with E-state index in [0.717, 1.165) is 11.8 Å². The Hall–Kier alpha value is -1.58. The summed E-state index contributed by atoms with van der Waals surface area (Å²) in [5.74, 6) is 0. The summed E-state index contributed by atoms with van der Waals surface area (Å²) in [5.41, 5.74) is 0.156. The number of benzene rings is 1. The Balaban J connectivity index is 1.91. The van der Waals surface area contributed by atoms with Crippen LogP contribution in [0.3, 0.4) is 0 Å². The first kappa shape index (κ1) is 23.7. The number of nitrogens with one attached hydrogen (secondary N) is 2. The van der Waals surface area contributed by atoms with Gasteiger partial charge in [-0.25, -0.2) is 17.9 Å². The normalized spacial score (nSPS) is 18.5. The van der Waals surface area contributed by atoms with Gasteiger partial charge < -0.3 is 14.7 Å². The molecule has 7 nitrogen and oxygen atoms in total. The van der Waals surface area contributed by atoms with E-state index in [4.69, 9.17) is 9.39 Å². The Morgan fingerprint density at radius 2 is 1.72 bits per heavy atom. The zero-order valence-electron chi connectivity index (χ0n) is 18.5. The van der Waals surface area contributed by atoms with Gasteiger partial charge in [0.15, 0.2) is 0 Å². The smallest absolute Gasteiger partial charge is 0.407 e. The van der Waals surface area contributed by atoms with Gasteiger partial charge in [0.05, 0.1) is 10.5 Å². The number of sulfonamides is 1.